The van der Waals surface area contributed by atoms with E-state index in [0.29, 0.717) is 11.5 Å². The summed E-state index contributed by atoms with van der Waals surface area (Å²) in [5, 5.41) is 0. The Balaban J connectivity index is 1.47. The third-order valence-electron chi connectivity index (χ3n) is 8.06. The molecule has 2 saturated heterocycles. The molecule has 0 saturated carbocycles. The molecule has 11 heteroatoms. The van der Waals surface area contributed by atoms with Gasteiger partial charge in [-0.3, -0.25) is 0 Å². The zero-order valence-electron chi connectivity index (χ0n) is 25.5. The molecule has 8 nitrogen and oxygen atoms in total. The minimum absolute atomic E-state index is 0.0518. The summed E-state index contributed by atoms with van der Waals surface area (Å²) in [6.45, 7) is 4.02. The molecule has 4 aromatic carbocycles. The van der Waals surface area contributed by atoms with Crippen molar-refractivity contribution in [2.24, 2.45) is 0 Å². The van der Waals surface area contributed by atoms with Gasteiger partial charge in [-0.15, -0.1) is 0 Å². The standard InChI is InChI=1S/C35H36Br2N2O6S/c1-35(2)44-33-31(23-42-29-12-5-3-6-13-29)38(21-25-16-18-27(36)19-17-25)46(40,41)39(22-26-10-9-11-28(37)20-26)32(34(33)45-35)24-43-30-14-7-4-8-15-30/h3-20,31-34H,21-24H2,1-2H3/t31-,32-,33+,34+/m1/s1. The number of halogens is 2. The second-order valence-electron chi connectivity index (χ2n) is 11.8. The van der Waals surface area contributed by atoms with Gasteiger partial charge in [-0.25, -0.2) is 0 Å². The number of para-hydroxylation sites is 2. The second kappa shape index (κ2) is 14.1. The van der Waals surface area contributed by atoms with E-state index in [1.807, 2.05) is 123 Å². The minimum atomic E-state index is -4.19. The van der Waals surface area contributed by atoms with Crippen molar-refractivity contribution in [2.75, 3.05) is 13.2 Å². The highest BCUT2D eigenvalue weighted by Crippen LogP contribution is 2.41. The zero-order chi connectivity index (χ0) is 32.3. The Kier molecular flexibility index (Phi) is 10.2. The maximum absolute atomic E-state index is 15.1. The normalized spacial score (nSPS) is 24.2. The molecule has 0 N–H and O–H groups in total. The van der Waals surface area contributed by atoms with Gasteiger partial charge in [0.05, 0.1) is 12.1 Å². The summed E-state index contributed by atoms with van der Waals surface area (Å²) in [6, 6.07) is 32.6. The van der Waals surface area contributed by atoms with Crippen LogP contribution in [-0.4, -0.2) is 60.3 Å². The van der Waals surface area contributed by atoms with E-state index in [1.165, 1.54) is 8.61 Å². The van der Waals surface area contributed by atoms with Crippen LogP contribution in [0.5, 0.6) is 11.5 Å². The van der Waals surface area contributed by atoms with Crippen molar-refractivity contribution in [1.82, 2.24) is 8.61 Å². The molecular weight excluding hydrogens is 736 g/mol. The average Bonchev–Trinajstić information content (AvgIpc) is 3.34. The Hall–Kier alpha value is -2.77. The third-order valence-corrected chi connectivity index (χ3v) is 11.1. The number of benzene rings is 4. The minimum Gasteiger partial charge on any atom is -0.492 e. The molecule has 2 aliphatic heterocycles. The molecule has 0 aromatic heterocycles. The van der Waals surface area contributed by atoms with E-state index in [-0.39, 0.29) is 26.3 Å². The van der Waals surface area contributed by atoms with Gasteiger partial charge in [-0.05, 0) is 73.5 Å². The molecule has 2 fully saturated rings. The summed E-state index contributed by atoms with van der Waals surface area (Å²) in [5.41, 5.74) is 1.65. The Morgan fingerprint density at radius 1 is 0.652 bits per heavy atom. The van der Waals surface area contributed by atoms with Crippen molar-refractivity contribution >= 4 is 42.1 Å². The first kappa shape index (κ1) is 33.1. The van der Waals surface area contributed by atoms with Crippen LogP contribution in [0.3, 0.4) is 0 Å². The third kappa shape index (κ3) is 7.68. The van der Waals surface area contributed by atoms with Crippen LogP contribution in [0.4, 0.5) is 0 Å². The fourth-order valence-electron chi connectivity index (χ4n) is 5.95. The lowest BCUT2D eigenvalue weighted by Crippen LogP contribution is -2.53. The smallest absolute Gasteiger partial charge is 0.283 e. The van der Waals surface area contributed by atoms with Crippen molar-refractivity contribution in [2.45, 2.75) is 57.0 Å². The van der Waals surface area contributed by atoms with E-state index >= 15 is 8.42 Å². The molecule has 0 aliphatic carbocycles. The quantitative estimate of drug-likeness (QED) is 0.170. The summed E-state index contributed by atoms with van der Waals surface area (Å²) in [5.74, 6) is 0.298. The summed E-state index contributed by atoms with van der Waals surface area (Å²) in [4.78, 5) is 0. The van der Waals surface area contributed by atoms with Gasteiger partial charge in [0.2, 0.25) is 0 Å². The van der Waals surface area contributed by atoms with Gasteiger partial charge in [0, 0.05) is 22.0 Å². The number of nitrogens with zero attached hydrogens (tertiary/aromatic N) is 2. The Morgan fingerprint density at radius 2 is 1.15 bits per heavy atom. The van der Waals surface area contributed by atoms with Crippen LogP contribution in [0.25, 0.3) is 0 Å². The molecule has 4 atom stereocenters. The molecule has 0 radical (unpaired) electrons. The number of hydrogen-bond donors (Lipinski definition) is 0. The van der Waals surface area contributed by atoms with E-state index in [0.717, 1.165) is 20.1 Å². The predicted molar refractivity (Wildman–Crippen MR) is 184 cm³/mol. The van der Waals surface area contributed by atoms with Crippen LogP contribution in [0.2, 0.25) is 0 Å². The van der Waals surface area contributed by atoms with Gasteiger partial charge in [-0.2, -0.15) is 17.0 Å². The maximum atomic E-state index is 15.1. The average molecular weight is 773 g/mol. The second-order valence-corrected chi connectivity index (χ2v) is 15.5. The first-order valence-electron chi connectivity index (χ1n) is 15.1. The van der Waals surface area contributed by atoms with Gasteiger partial charge >= 0.3 is 0 Å². The molecule has 2 heterocycles. The first-order chi connectivity index (χ1) is 22.1. The summed E-state index contributed by atoms with van der Waals surface area (Å²) < 4.78 is 60.9. The van der Waals surface area contributed by atoms with E-state index in [1.54, 1.807) is 0 Å². The van der Waals surface area contributed by atoms with Crippen LogP contribution in [0.15, 0.2) is 118 Å². The van der Waals surface area contributed by atoms with Crippen molar-refractivity contribution in [3.63, 3.8) is 0 Å². The van der Waals surface area contributed by atoms with Crippen molar-refractivity contribution in [1.29, 1.82) is 0 Å². The summed E-state index contributed by atoms with van der Waals surface area (Å²) >= 11 is 7.05. The molecule has 0 amide bonds. The van der Waals surface area contributed by atoms with Crippen molar-refractivity contribution < 1.29 is 27.4 Å². The molecular formula is C35H36Br2N2O6S. The maximum Gasteiger partial charge on any atom is 0.283 e. The van der Waals surface area contributed by atoms with E-state index in [2.05, 4.69) is 31.9 Å². The van der Waals surface area contributed by atoms with Gasteiger partial charge in [0.25, 0.3) is 10.2 Å². The van der Waals surface area contributed by atoms with E-state index < -0.39 is 40.3 Å². The van der Waals surface area contributed by atoms with Gasteiger partial charge in [0.1, 0.15) is 36.9 Å². The van der Waals surface area contributed by atoms with Crippen LogP contribution >= 0.6 is 31.9 Å². The van der Waals surface area contributed by atoms with Gasteiger partial charge in [-0.1, -0.05) is 92.5 Å². The monoisotopic (exact) mass is 770 g/mol. The van der Waals surface area contributed by atoms with Crippen LogP contribution in [0, 0.1) is 0 Å². The van der Waals surface area contributed by atoms with Crippen LogP contribution < -0.4 is 9.47 Å². The zero-order valence-corrected chi connectivity index (χ0v) is 29.5. The highest BCUT2D eigenvalue weighted by Gasteiger charge is 2.58. The highest BCUT2D eigenvalue weighted by atomic mass is 79.9. The van der Waals surface area contributed by atoms with E-state index in [4.69, 9.17) is 18.9 Å². The van der Waals surface area contributed by atoms with E-state index in [9.17, 15) is 0 Å². The lowest BCUT2D eigenvalue weighted by molar-refractivity contribution is -0.156. The SMILES string of the molecule is CC1(C)O[C@@H]2[C@@H](O1)[C@@H](COc1ccccc1)N(Cc1cccc(Br)c1)S(=O)(=O)N(Cc1ccc(Br)cc1)[C@@H]2COc1ccccc1. The Morgan fingerprint density at radius 3 is 1.65 bits per heavy atom. The number of fused-ring (bicyclic) bond motifs is 1. The molecule has 4 aromatic rings. The van der Waals surface area contributed by atoms with Crippen molar-refractivity contribution in [3.8, 4) is 11.5 Å². The summed E-state index contributed by atoms with van der Waals surface area (Å²) in [6.07, 6.45) is -1.33. The number of ether oxygens (including phenoxy) is 4. The van der Waals surface area contributed by atoms with Crippen LogP contribution in [0.1, 0.15) is 25.0 Å². The Bertz CT molecular complexity index is 1710. The fourth-order valence-corrected chi connectivity index (χ4v) is 8.60. The largest absolute Gasteiger partial charge is 0.492 e. The molecule has 0 bridgehead atoms. The van der Waals surface area contributed by atoms with Gasteiger partial charge < -0.3 is 18.9 Å². The van der Waals surface area contributed by atoms with Crippen LogP contribution in [-0.2, 0) is 32.8 Å². The lowest BCUT2D eigenvalue weighted by atomic mass is 9.99. The molecule has 46 heavy (non-hydrogen) atoms. The Labute approximate surface area is 287 Å². The van der Waals surface area contributed by atoms with Gasteiger partial charge in [0.15, 0.2) is 5.79 Å². The number of rotatable bonds is 10. The topological polar surface area (TPSA) is 77.5 Å². The molecule has 6 rings (SSSR count). The van der Waals surface area contributed by atoms with Crippen molar-refractivity contribution in [3.05, 3.63) is 129 Å². The summed E-state index contributed by atoms with van der Waals surface area (Å²) in [7, 11) is -4.19. The molecule has 0 spiro atoms. The first-order valence-corrected chi connectivity index (χ1v) is 18.1. The fraction of sp³-hybridized carbons (Fsp3) is 0.314. The molecule has 242 valence electrons. The highest BCUT2D eigenvalue weighted by molar-refractivity contribution is 9.10. The number of hydrogen-bond acceptors (Lipinski definition) is 6. The predicted octanol–water partition coefficient (Wildman–Crippen LogP) is 7.19. The lowest BCUT2D eigenvalue weighted by Gasteiger charge is -2.36. The molecule has 2 aliphatic rings. The molecule has 0 unspecified atom stereocenters.